The van der Waals surface area contributed by atoms with Gasteiger partial charge < -0.3 is 5.32 Å². The molecule has 1 aromatic heterocycles. The number of benzene rings is 1. The Hall–Kier alpha value is -2.16. The van der Waals surface area contributed by atoms with Crippen molar-refractivity contribution in [2.75, 3.05) is 13.1 Å². The molecule has 122 valence electrons. The number of carbonyl (C=O) groups excluding carboxylic acids is 1. The van der Waals surface area contributed by atoms with Crippen LogP contribution in [0, 0.1) is 17.2 Å². The number of carbonyl (C=O) groups is 1. The first-order valence-corrected chi connectivity index (χ1v) is 9.20. The fraction of sp³-hybridized carbons (Fsp3) is 0.368. The lowest BCUT2D eigenvalue weighted by atomic mass is 9.86. The fourth-order valence-corrected chi connectivity index (χ4v) is 4.58. The smallest absolute Gasteiger partial charge is 0.262 e. The van der Waals surface area contributed by atoms with Crippen LogP contribution in [-0.2, 0) is 0 Å². The van der Waals surface area contributed by atoms with Crippen molar-refractivity contribution in [3.8, 4) is 16.5 Å². The monoisotopic (exact) mass is 337 g/mol. The summed E-state index contributed by atoms with van der Waals surface area (Å²) in [6.45, 7) is 2.22. The normalized spacial score (nSPS) is 25.2. The molecule has 1 aromatic carbocycles. The van der Waals surface area contributed by atoms with E-state index in [4.69, 9.17) is 5.26 Å². The highest BCUT2D eigenvalue weighted by Gasteiger charge is 2.34. The van der Waals surface area contributed by atoms with Gasteiger partial charge in [0.2, 0.25) is 0 Å². The number of thiophene rings is 1. The maximum absolute atomic E-state index is 12.6. The molecule has 3 fully saturated rings. The zero-order valence-electron chi connectivity index (χ0n) is 13.4. The summed E-state index contributed by atoms with van der Waals surface area (Å²) in [6.07, 6.45) is 3.83. The largest absolute Gasteiger partial charge is 0.336 e. The van der Waals surface area contributed by atoms with Gasteiger partial charge in [0.15, 0.2) is 0 Å². The third kappa shape index (κ3) is 2.95. The van der Waals surface area contributed by atoms with E-state index in [0.717, 1.165) is 40.7 Å². The molecule has 0 saturated carbocycles. The summed E-state index contributed by atoms with van der Waals surface area (Å²) in [7, 11) is 0. The molecule has 2 aromatic rings. The summed E-state index contributed by atoms with van der Waals surface area (Å²) in [5.41, 5.74) is 1.69. The summed E-state index contributed by atoms with van der Waals surface area (Å²) in [4.78, 5) is 16.8. The Kier molecular flexibility index (Phi) is 4.09. The van der Waals surface area contributed by atoms with Gasteiger partial charge in [-0.3, -0.25) is 9.69 Å². The highest BCUT2D eigenvalue weighted by atomic mass is 32.1. The molecule has 1 unspecified atom stereocenters. The molecule has 0 spiro atoms. The SMILES string of the molecule is N#Cc1ccc(-c2ccc(C(=O)NC3CC4CCN3CC4)s2)cc1. The number of nitriles is 1. The molecule has 5 heteroatoms. The van der Waals surface area contributed by atoms with E-state index >= 15 is 0 Å². The van der Waals surface area contributed by atoms with Gasteiger partial charge in [0.1, 0.15) is 0 Å². The Balaban J connectivity index is 1.46. The average molecular weight is 337 g/mol. The Morgan fingerprint density at radius 3 is 2.54 bits per heavy atom. The molecule has 1 N–H and O–H groups in total. The van der Waals surface area contributed by atoms with Crippen LogP contribution in [0.1, 0.15) is 34.5 Å². The molecule has 3 saturated heterocycles. The maximum Gasteiger partial charge on any atom is 0.262 e. The Morgan fingerprint density at radius 2 is 1.92 bits per heavy atom. The van der Waals surface area contributed by atoms with E-state index in [1.165, 1.54) is 24.2 Å². The number of hydrogen-bond acceptors (Lipinski definition) is 4. The van der Waals surface area contributed by atoms with Gasteiger partial charge in [0, 0.05) is 18.0 Å². The van der Waals surface area contributed by atoms with Gasteiger partial charge in [-0.2, -0.15) is 5.26 Å². The van der Waals surface area contributed by atoms with Crippen molar-refractivity contribution in [1.29, 1.82) is 5.26 Å². The molecule has 1 amide bonds. The van der Waals surface area contributed by atoms with Crippen molar-refractivity contribution >= 4 is 17.2 Å². The van der Waals surface area contributed by atoms with Crippen LogP contribution in [0.15, 0.2) is 36.4 Å². The summed E-state index contributed by atoms with van der Waals surface area (Å²) in [6, 6.07) is 13.5. The number of piperidine rings is 3. The van der Waals surface area contributed by atoms with Crippen LogP contribution in [-0.4, -0.2) is 30.1 Å². The van der Waals surface area contributed by atoms with Crippen molar-refractivity contribution in [3.05, 3.63) is 46.8 Å². The molecule has 4 heterocycles. The molecule has 3 aliphatic heterocycles. The van der Waals surface area contributed by atoms with Crippen LogP contribution in [0.4, 0.5) is 0 Å². The summed E-state index contributed by atoms with van der Waals surface area (Å²) in [5.74, 6) is 0.801. The second-order valence-corrected chi connectivity index (χ2v) is 7.64. The van der Waals surface area contributed by atoms with E-state index in [1.54, 1.807) is 12.1 Å². The molecule has 4 nitrogen and oxygen atoms in total. The predicted octanol–water partition coefficient (Wildman–Crippen LogP) is 3.46. The molecular weight excluding hydrogens is 318 g/mol. The molecule has 1 atom stereocenters. The first kappa shape index (κ1) is 15.4. The van der Waals surface area contributed by atoms with Crippen LogP contribution in [0.5, 0.6) is 0 Å². The summed E-state index contributed by atoms with van der Waals surface area (Å²) in [5, 5.41) is 12.1. The van der Waals surface area contributed by atoms with Crippen LogP contribution in [0.25, 0.3) is 10.4 Å². The second-order valence-electron chi connectivity index (χ2n) is 6.56. The molecule has 24 heavy (non-hydrogen) atoms. The predicted molar refractivity (Wildman–Crippen MR) is 94.6 cm³/mol. The molecule has 0 radical (unpaired) electrons. The minimum absolute atomic E-state index is 0.0254. The van der Waals surface area contributed by atoms with E-state index in [2.05, 4.69) is 16.3 Å². The Morgan fingerprint density at radius 1 is 1.17 bits per heavy atom. The van der Waals surface area contributed by atoms with Crippen molar-refractivity contribution < 1.29 is 4.79 Å². The van der Waals surface area contributed by atoms with Crippen LogP contribution in [0.2, 0.25) is 0 Å². The summed E-state index contributed by atoms with van der Waals surface area (Å²) >= 11 is 1.50. The minimum Gasteiger partial charge on any atom is -0.336 e. The number of nitrogens with one attached hydrogen (secondary N) is 1. The quantitative estimate of drug-likeness (QED) is 0.933. The van der Waals surface area contributed by atoms with Crippen LogP contribution >= 0.6 is 11.3 Å². The zero-order chi connectivity index (χ0) is 16.5. The van der Waals surface area contributed by atoms with Gasteiger partial charge >= 0.3 is 0 Å². The number of hydrogen-bond donors (Lipinski definition) is 1. The van der Waals surface area contributed by atoms with Crippen LogP contribution in [0.3, 0.4) is 0 Å². The lowest BCUT2D eigenvalue weighted by Gasteiger charge is -2.45. The lowest BCUT2D eigenvalue weighted by Crippen LogP contribution is -2.56. The number of fused-ring (bicyclic) bond motifs is 3. The van der Waals surface area contributed by atoms with Crippen LogP contribution < -0.4 is 5.32 Å². The van der Waals surface area contributed by atoms with E-state index in [-0.39, 0.29) is 12.1 Å². The summed E-state index contributed by atoms with van der Waals surface area (Å²) < 4.78 is 0. The van der Waals surface area contributed by atoms with E-state index < -0.39 is 0 Å². The average Bonchev–Trinajstić information content (AvgIpc) is 3.13. The first-order chi connectivity index (χ1) is 11.7. The van der Waals surface area contributed by atoms with Crippen molar-refractivity contribution in [1.82, 2.24) is 10.2 Å². The van der Waals surface area contributed by atoms with Crippen molar-refractivity contribution in [2.24, 2.45) is 5.92 Å². The van der Waals surface area contributed by atoms with E-state index in [9.17, 15) is 4.79 Å². The van der Waals surface area contributed by atoms with Gasteiger partial charge in [-0.05, 0) is 55.0 Å². The maximum atomic E-state index is 12.6. The topological polar surface area (TPSA) is 56.1 Å². The minimum atomic E-state index is 0.0254. The highest BCUT2D eigenvalue weighted by molar-refractivity contribution is 7.17. The van der Waals surface area contributed by atoms with Gasteiger partial charge in [0.25, 0.3) is 5.91 Å². The molecule has 2 bridgehead atoms. The fourth-order valence-electron chi connectivity index (χ4n) is 3.66. The van der Waals surface area contributed by atoms with E-state index in [0.29, 0.717) is 5.56 Å². The van der Waals surface area contributed by atoms with Gasteiger partial charge in [-0.15, -0.1) is 11.3 Å². The van der Waals surface area contributed by atoms with Crippen molar-refractivity contribution in [2.45, 2.75) is 25.4 Å². The molecule has 0 aliphatic carbocycles. The number of rotatable bonds is 3. The lowest BCUT2D eigenvalue weighted by molar-refractivity contribution is 0.0296. The molecule has 3 aliphatic rings. The van der Waals surface area contributed by atoms with E-state index in [1.807, 2.05) is 24.3 Å². The Labute approximate surface area is 145 Å². The standard InChI is InChI=1S/C19H19N3OS/c20-12-14-1-3-15(4-2-14)16-5-6-17(24-16)19(23)21-18-11-13-7-9-22(18)10-8-13/h1-6,13,18H,7-11H2,(H,21,23). The Bertz CT molecular complexity index is 782. The molecular formula is C19H19N3OS. The van der Waals surface area contributed by atoms with Gasteiger partial charge in [-0.25, -0.2) is 0 Å². The third-order valence-electron chi connectivity index (χ3n) is 5.07. The van der Waals surface area contributed by atoms with Crippen molar-refractivity contribution in [3.63, 3.8) is 0 Å². The first-order valence-electron chi connectivity index (χ1n) is 8.38. The number of nitrogens with zero attached hydrogens (tertiary/aromatic N) is 2. The highest BCUT2D eigenvalue weighted by Crippen LogP contribution is 2.32. The third-order valence-corrected chi connectivity index (χ3v) is 6.21. The number of amides is 1. The molecule has 5 rings (SSSR count). The van der Waals surface area contributed by atoms with Gasteiger partial charge in [0.05, 0.1) is 22.7 Å². The zero-order valence-corrected chi connectivity index (χ0v) is 14.2. The van der Waals surface area contributed by atoms with Gasteiger partial charge in [-0.1, -0.05) is 12.1 Å². The second kappa shape index (κ2) is 6.39.